The van der Waals surface area contributed by atoms with Gasteiger partial charge in [0.05, 0.1) is 47.5 Å². The number of hydrogen-bond acceptors (Lipinski definition) is 7. The van der Waals surface area contributed by atoms with Crippen molar-refractivity contribution in [3.05, 3.63) is 87.9 Å². The molecule has 192 valence electrons. The molecule has 1 atom stereocenters. The van der Waals surface area contributed by atoms with Crippen LogP contribution in [0.5, 0.6) is 11.5 Å². The molecule has 0 saturated carbocycles. The summed E-state index contributed by atoms with van der Waals surface area (Å²) in [5.41, 5.74) is 1.33. The van der Waals surface area contributed by atoms with Crippen LogP contribution in [0.25, 0.3) is 16.8 Å². The van der Waals surface area contributed by atoms with Crippen molar-refractivity contribution in [2.24, 2.45) is 0 Å². The number of methoxy groups -OCH3 is 2. The number of fused-ring (bicyclic) bond motifs is 1. The highest BCUT2D eigenvalue weighted by molar-refractivity contribution is 6.51. The number of anilines is 1. The number of aliphatic hydroxyl groups excluding tert-OH is 1. The molecule has 4 aromatic rings. The fourth-order valence-corrected chi connectivity index (χ4v) is 4.55. The van der Waals surface area contributed by atoms with E-state index in [-0.39, 0.29) is 28.4 Å². The number of halogens is 1. The van der Waals surface area contributed by atoms with Gasteiger partial charge in [-0.25, -0.2) is 9.78 Å². The fourth-order valence-electron chi connectivity index (χ4n) is 4.36. The number of rotatable bonds is 6. The minimum atomic E-state index is -1.12. The molecular formula is C27H20ClN3O7. The lowest BCUT2D eigenvalue weighted by Crippen LogP contribution is -2.30. The van der Waals surface area contributed by atoms with E-state index >= 15 is 0 Å². The topological polar surface area (TPSA) is 142 Å². The maximum absolute atomic E-state index is 13.4. The third-order valence-electron chi connectivity index (χ3n) is 6.25. The van der Waals surface area contributed by atoms with Gasteiger partial charge < -0.3 is 24.7 Å². The van der Waals surface area contributed by atoms with Crippen LogP contribution >= 0.6 is 11.6 Å². The smallest absolute Gasteiger partial charge is 0.335 e. The second-order valence-corrected chi connectivity index (χ2v) is 8.80. The van der Waals surface area contributed by atoms with Gasteiger partial charge in [0.2, 0.25) is 5.95 Å². The first-order valence-corrected chi connectivity index (χ1v) is 11.6. The van der Waals surface area contributed by atoms with Gasteiger partial charge in [0.25, 0.3) is 5.78 Å². The molecule has 10 nitrogen and oxygen atoms in total. The Morgan fingerprint density at radius 2 is 1.68 bits per heavy atom. The summed E-state index contributed by atoms with van der Waals surface area (Å²) < 4.78 is 10.5. The highest BCUT2D eigenvalue weighted by Crippen LogP contribution is 2.42. The molecule has 2 heterocycles. The minimum Gasteiger partial charge on any atom is -0.507 e. The molecule has 0 spiro atoms. The van der Waals surface area contributed by atoms with Crippen molar-refractivity contribution in [2.75, 3.05) is 19.1 Å². The molecule has 1 aliphatic heterocycles. The molecule has 11 heteroatoms. The summed E-state index contributed by atoms with van der Waals surface area (Å²) in [7, 11) is 2.92. The summed E-state index contributed by atoms with van der Waals surface area (Å²) in [6, 6.07) is 14.3. The normalized spacial score (nSPS) is 16.7. The largest absolute Gasteiger partial charge is 0.507 e. The van der Waals surface area contributed by atoms with Gasteiger partial charge in [0, 0.05) is 5.56 Å². The lowest BCUT2D eigenvalue weighted by Gasteiger charge is -2.23. The van der Waals surface area contributed by atoms with Crippen LogP contribution in [0.3, 0.4) is 0 Å². The third kappa shape index (κ3) is 4.10. The van der Waals surface area contributed by atoms with Crippen LogP contribution < -0.4 is 14.4 Å². The van der Waals surface area contributed by atoms with Crippen LogP contribution in [-0.2, 0) is 9.59 Å². The van der Waals surface area contributed by atoms with E-state index < -0.39 is 29.5 Å². The van der Waals surface area contributed by atoms with E-state index in [0.29, 0.717) is 27.4 Å². The van der Waals surface area contributed by atoms with Crippen molar-refractivity contribution in [2.45, 2.75) is 6.04 Å². The maximum atomic E-state index is 13.4. The number of nitrogens with one attached hydrogen (secondary N) is 1. The molecule has 0 aliphatic carbocycles. The Kier molecular flexibility index (Phi) is 6.25. The highest BCUT2D eigenvalue weighted by atomic mass is 35.5. The molecule has 5 rings (SSSR count). The number of Topliss-reactive ketones (excluding diaryl/α,β-unsaturated/α-hetero) is 1. The number of aromatic carboxylic acids is 1. The van der Waals surface area contributed by atoms with E-state index in [0.717, 1.165) is 4.90 Å². The SMILES string of the molecule is COc1ccc(C2/C(=C(\O)c3ccc(Cl)c(OC)c3)C(=O)C(=O)N2c2nc3ccc(C(=O)O)cc3[nH]2)cc1. The molecule has 0 radical (unpaired) electrons. The highest BCUT2D eigenvalue weighted by Gasteiger charge is 2.48. The first kappa shape index (κ1) is 24.8. The summed E-state index contributed by atoms with van der Waals surface area (Å²) in [6.07, 6.45) is 0. The maximum Gasteiger partial charge on any atom is 0.335 e. The van der Waals surface area contributed by atoms with Crippen LogP contribution in [-0.4, -0.2) is 52.1 Å². The lowest BCUT2D eigenvalue weighted by molar-refractivity contribution is -0.132. The monoisotopic (exact) mass is 533 g/mol. The number of carboxylic acid groups (broad SMARTS) is 1. The number of H-pyrrole nitrogens is 1. The quantitative estimate of drug-likeness (QED) is 0.186. The predicted octanol–water partition coefficient (Wildman–Crippen LogP) is 4.56. The first-order valence-electron chi connectivity index (χ1n) is 11.3. The second kappa shape index (κ2) is 9.56. The number of aliphatic hydroxyl groups is 1. The van der Waals surface area contributed by atoms with Crippen molar-refractivity contribution >= 4 is 52.0 Å². The Bertz CT molecular complexity index is 1640. The minimum absolute atomic E-state index is 0.0122. The van der Waals surface area contributed by atoms with Crippen molar-refractivity contribution in [1.82, 2.24) is 9.97 Å². The Hall–Kier alpha value is -4.83. The van der Waals surface area contributed by atoms with E-state index in [4.69, 9.17) is 21.1 Å². The zero-order valence-corrected chi connectivity index (χ0v) is 20.8. The molecular weight excluding hydrogens is 514 g/mol. The summed E-state index contributed by atoms with van der Waals surface area (Å²) in [5.74, 6) is -2.56. The van der Waals surface area contributed by atoms with Crippen LogP contribution in [0.2, 0.25) is 5.02 Å². The van der Waals surface area contributed by atoms with Crippen molar-refractivity contribution < 1.29 is 34.1 Å². The number of carbonyl (C=O) groups is 3. The van der Waals surface area contributed by atoms with Crippen molar-refractivity contribution in [1.29, 1.82) is 0 Å². The first-order chi connectivity index (χ1) is 18.2. The zero-order valence-electron chi connectivity index (χ0n) is 20.1. The second-order valence-electron chi connectivity index (χ2n) is 8.39. The zero-order chi connectivity index (χ0) is 27.1. The number of ether oxygens (including phenoxy) is 2. The number of carboxylic acids is 1. The molecule has 1 aliphatic rings. The van der Waals surface area contributed by atoms with E-state index in [2.05, 4.69) is 9.97 Å². The number of aromatic amines is 1. The van der Waals surface area contributed by atoms with Crippen molar-refractivity contribution in [3.8, 4) is 11.5 Å². The molecule has 1 aromatic heterocycles. The lowest BCUT2D eigenvalue weighted by atomic mass is 9.95. The molecule has 38 heavy (non-hydrogen) atoms. The Morgan fingerprint density at radius 3 is 2.34 bits per heavy atom. The van der Waals surface area contributed by atoms with Gasteiger partial charge in [-0.3, -0.25) is 14.5 Å². The van der Waals surface area contributed by atoms with Crippen LogP contribution in [0.4, 0.5) is 5.95 Å². The molecule has 1 saturated heterocycles. The number of imidazole rings is 1. The number of aromatic nitrogens is 2. The van der Waals surface area contributed by atoms with Gasteiger partial charge >= 0.3 is 11.9 Å². The molecule has 3 aromatic carbocycles. The van der Waals surface area contributed by atoms with Crippen LogP contribution in [0, 0.1) is 0 Å². The molecule has 0 bridgehead atoms. The Balaban J connectivity index is 1.71. The van der Waals surface area contributed by atoms with Gasteiger partial charge in [-0.05, 0) is 54.1 Å². The van der Waals surface area contributed by atoms with Crippen LogP contribution in [0.15, 0.2) is 66.2 Å². The molecule has 3 N–H and O–H groups in total. The number of hydrogen-bond donors (Lipinski definition) is 3. The van der Waals surface area contributed by atoms with Gasteiger partial charge in [0.1, 0.15) is 17.3 Å². The molecule has 1 unspecified atom stereocenters. The Morgan fingerprint density at radius 1 is 0.974 bits per heavy atom. The average molecular weight is 534 g/mol. The van der Waals surface area contributed by atoms with Gasteiger partial charge in [-0.1, -0.05) is 23.7 Å². The van der Waals surface area contributed by atoms with Crippen LogP contribution in [0.1, 0.15) is 27.5 Å². The number of ketones is 1. The van der Waals surface area contributed by atoms with Gasteiger partial charge in [-0.15, -0.1) is 0 Å². The molecule has 1 amide bonds. The van der Waals surface area contributed by atoms with Gasteiger partial charge in [0.15, 0.2) is 0 Å². The summed E-state index contributed by atoms with van der Waals surface area (Å²) in [4.78, 5) is 46.7. The number of benzene rings is 3. The standard InChI is InChI=1S/C27H20ClN3O7/c1-37-16-7-3-13(4-8-16)22-21(23(32)14-5-9-17(28)20(12-14)38-2)24(33)25(34)31(22)27-29-18-10-6-15(26(35)36)11-19(18)30-27/h3-12,22,32H,1-2H3,(H,29,30)(H,35,36)/b23-21+. The fraction of sp³-hybridized carbons (Fsp3) is 0.111. The number of carbonyl (C=O) groups excluding carboxylic acids is 2. The van der Waals surface area contributed by atoms with E-state index in [1.54, 1.807) is 24.3 Å². The van der Waals surface area contributed by atoms with E-state index in [1.165, 1.54) is 50.6 Å². The van der Waals surface area contributed by atoms with Crippen molar-refractivity contribution in [3.63, 3.8) is 0 Å². The predicted molar refractivity (Wildman–Crippen MR) is 139 cm³/mol. The van der Waals surface area contributed by atoms with E-state index in [1.807, 2.05) is 0 Å². The van der Waals surface area contributed by atoms with E-state index in [9.17, 15) is 24.6 Å². The number of nitrogens with zero attached hydrogens (tertiary/aromatic N) is 2. The summed E-state index contributed by atoms with van der Waals surface area (Å²) in [6.45, 7) is 0. The van der Waals surface area contributed by atoms with Gasteiger partial charge in [-0.2, -0.15) is 0 Å². The summed E-state index contributed by atoms with van der Waals surface area (Å²) >= 11 is 6.13. The average Bonchev–Trinajstić information content (AvgIpc) is 3.46. The Labute approximate surface area is 220 Å². The third-order valence-corrected chi connectivity index (χ3v) is 6.56. The molecule has 1 fully saturated rings. The number of amides is 1. The summed E-state index contributed by atoms with van der Waals surface area (Å²) in [5, 5.41) is 20.9.